The first-order chi connectivity index (χ1) is 9.08. The van der Waals surface area contributed by atoms with E-state index in [-0.39, 0.29) is 18.8 Å². The number of ketones is 1. The van der Waals surface area contributed by atoms with Gasteiger partial charge in [0.2, 0.25) is 0 Å². The number of rotatable bonds is 7. The average molecular weight is 261 g/mol. The molecule has 1 aromatic rings. The van der Waals surface area contributed by atoms with Crippen molar-refractivity contribution in [1.82, 2.24) is 5.32 Å². The van der Waals surface area contributed by atoms with Crippen LogP contribution < -0.4 is 5.32 Å². The highest BCUT2D eigenvalue weighted by Crippen LogP contribution is 1.99. The van der Waals surface area contributed by atoms with Gasteiger partial charge in [0, 0.05) is 12.2 Å². The van der Waals surface area contributed by atoms with E-state index < -0.39 is 5.97 Å². The molecule has 0 amide bonds. The van der Waals surface area contributed by atoms with Crippen LogP contribution in [0.2, 0.25) is 0 Å². The number of esters is 1. The van der Waals surface area contributed by atoms with Crippen LogP contribution in [0.3, 0.4) is 0 Å². The van der Waals surface area contributed by atoms with Gasteiger partial charge in [-0.15, -0.1) is 0 Å². The third-order valence-corrected chi connectivity index (χ3v) is 2.44. The van der Waals surface area contributed by atoms with Crippen LogP contribution in [0.4, 0.5) is 0 Å². The van der Waals surface area contributed by atoms with Gasteiger partial charge in [0.05, 0.1) is 0 Å². The van der Waals surface area contributed by atoms with E-state index in [0.29, 0.717) is 0 Å². The monoisotopic (exact) mass is 261 g/mol. The molecule has 1 aromatic carbocycles. The Morgan fingerprint density at radius 1 is 1.21 bits per heavy atom. The van der Waals surface area contributed by atoms with Crippen molar-refractivity contribution in [3.63, 3.8) is 0 Å². The molecular weight excluding hydrogens is 242 g/mol. The van der Waals surface area contributed by atoms with E-state index in [1.807, 2.05) is 37.3 Å². The highest BCUT2D eigenvalue weighted by Gasteiger charge is 2.04. The first kappa shape index (κ1) is 15.0. The number of hydrogen-bond acceptors (Lipinski definition) is 4. The quantitative estimate of drug-likeness (QED) is 0.604. The van der Waals surface area contributed by atoms with Crippen LogP contribution in [0.1, 0.15) is 25.8 Å². The first-order valence-corrected chi connectivity index (χ1v) is 6.17. The summed E-state index contributed by atoms with van der Waals surface area (Å²) in [5, 5.41) is 3.22. The van der Waals surface area contributed by atoms with Crippen molar-refractivity contribution in [3.8, 4) is 0 Å². The molecule has 19 heavy (non-hydrogen) atoms. The lowest BCUT2D eigenvalue weighted by molar-refractivity contribution is -0.144. The molecule has 102 valence electrons. The number of nitrogens with one attached hydrogen (secondary N) is 1. The third-order valence-electron chi connectivity index (χ3n) is 2.44. The summed E-state index contributed by atoms with van der Waals surface area (Å²) in [6.07, 6.45) is 1.62. The van der Waals surface area contributed by atoms with Gasteiger partial charge >= 0.3 is 5.97 Å². The molecule has 0 unspecified atom stereocenters. The van der Waals surface area contributed by atoms with Crippen LogP contribution in [0, 0.1) is 0 Å². The van der Waals surface area contributed by atoms with Crippen LogP contribution >= 0.6 is 0 Å². The summed E-state index contributed by atoms with van der Waals surface area (Å²) in [6, 6.07) is 10.0. The third kappa shape index (κ3) is 7.03. The SMILES string of the molecule is CC(=O)CC(=O)OC/C=C(/C)NCc1ccccc1. The van der Waals surface area contributed by atoms with Gasteiger partial charge in [-0.1, -0.05) is 30.3 Å². The van der Waals surface area contributed by atoms with Gasteiger partial charge in [-0.05, 0) is 25.5 Å². The second kappa shape index (κ2) is 8.08. The van der Waals surface area contributed by atoms with Gasteiger partial charge < -0.3 is 10.1 Å². The van der Waals surface area contributed by atoms with Crippen molar-refractivity contribution in [3.05, 3.63) is 47.7 Å². The molecular formula is C15H19NO3. The lowest BCUT2D eigenvalue weighted by Gasteiger charge is -2.07. The summed E-state index contributed by atoms with van der Waals surface area (Å²) in [7, 11) is 0. The topological polar surface area (TPSA) is 55.4 Å². The molecule has 0 aliphatic heterocycles. The van der Waals surface area contributed by atoms with Gasteiger partial charge in [0.1, 0.15) is 18.8 Å². The highest BCUT2D eigenvalue weighted by molar-refractivity contribution is 5.94. The molecule has 0 atom stereocenters. The van der Waals surface area contributed by atoms with E-state index in [0.717, 1.165) is 12.2 Å². The summed E-state index contributed by atoms with van der Waals surface area (Å²) < 4.78 is 4.90. The molecule has 0 bridgehead atoms. The highest BCUT2D eigenvalue weighted by atomic mass is 16.5. The van der Waals surface area contributed by atoms with Crippen molar-refractivity contribution >= 4 is 11.8 Å². The van der Waals surface area contributed by atoms with Gasteiger partial charge in [0.25, 0.3) is 0 Å². The minimum absolute atomic E-state index is 0.162. The molecule has 0 saturated heterocycles. The molecule has 0 aliphatic rings. The van der Waals surface area contributed by atoms with Gasteiger partial charge in [-0.2, -0.15) is 0 Å². The second-order valence-electron chi connectivity index (χ2n) is 4.29. The lowest BCUT2D eigenvalue weighted by atomic mass is 10.2. The van der Waals surface area contributed by atoms with Gasteiger partial charge in [0.15, 0.2) is 0 Å². The van der Waals surface area contributed by atoms with E-state index >= 15 is 0 Å². The first-order valence-electron chi connectivity index (χ1n) is 6.17. The Labute approximate surface area is 113 Å². The zero-order valence-electron chi connectivity index (χ0n) is 11.3. The number of Topliss-reactive ketones (excluding diaryl/α,β-unsaturated/α-hetero) is 1. The number of hydrogen-bond donors (Lipinski definition) is 1. The summed E-state index contributed by atoms with van der Waals surface area (Å²) >= 11 is 0. The fourth-order valence-corrected chi connectivity index (χ4v) is 1.42. The van der Waals surface area contributed by atoms with Crippen molar-refractivity contribution in [2.24, 2.45) is 0 Å². The van der Waals surface area contributed by atoms with Gasteiger partial charge in [-0.3, -0.25) is 9.59 Å². The van der Waals surface area contributed by atoms with Crippen LogP contribution in [0.5, 0.6) is 0 Å². The number of allylic oxidation sites excluding steroid dienone is 1. The van der Waals surface area contributed by atoms with E-state index in [2.05, 4.69) is 5.32 Å². The van der Waals surface area contributed by atoms with Crippen molar-refractivity contribution < 1.29 is 14.3 Å². The molecule has 0 radical (unpaired) electrons. The Morgan fingerprint density at radius 2 is 1.89 bits per heavy atom. The Bertz CT molecular complexity index is 452. The van der Waals surface area contributed by atoms with Crippen LogP contribution in [0.15, 0.2) is 42.1 Å². The van der Waals surface area contributed by atoms with Crippen molar-refractivity contribution in [2.45, 2.75) is 26.8 Å². The van der Waals surface area contributed by atoms with E-state index in [4.69, 9.17) is 4.74 Å². The zero-order chi connectivity index (χ0) is 14.1. The average Bonchev–Trinajstić information content (AvgIpc) is 2.36. The number of carbonyl (C=O) groups excluding carboxylic acids is 2. The number of carbonyl (C=O) groups is 2. The summed E-state index contributed by atoms with van der Waals surface area (Å²) in [5.41, 5.74) is 2.11. The molecule has 1 N–H and O–H groups in total. The molecule has 4 nitrogen and oxygen atoms in total. The number of benzene rings is 1. The maximum absolute atomic E-state index is 11.1. The molecule has 4 heteroatoms. The smallest absolute Gasteiger partial charge is 0.313 e. The molecule has 0 heterocycles. The normalized spacial score (nSPS) is 10.9. The maximum atomic E-state index is 11.1. The van der Waals surface area contributed by atoms with E-state index in [9.17, 15) is 9.59 Å². The largest absolute Gasteiger partial charge is 0.461 e. The molecule has 0 spiro atoms. The zero-order valence-corrected chi connectivity index (χ0v) is 11.3. The molecule has 0 fully saturated rings. The maximum Gasteiger partial charge on any atom is 0.313 e. The van der Waals surface area contributed by atoms with Crippen molar-refractivity contribution in [2.75, 3.05) is 6.61 Å². The van der Waals surface area contributed by atoms with E-state index in [1.165, 1.54) is 12.5 Å². The molecule has 1 rings (SSSR count). The summed E-state index contributed by atoms with van der Waals surface area (Å²) in [4.78, 5) is 21.8. The second-order valence-corrected chi connectivity index (χ2v) is 4.29. The van der Waals surface area contributed by atoms with Crippen LogP contribution in [-0.2, 0) is 20.9 Å². The minimum Gasteiger partial charge on any atom is -0.461 e. The van der Waals surface area contributed by atoms with Crippen molar-refractivity contribution in [1.29, 1.82) is 0 Å². The fraction of sp³-hybridized carbons (Fsp3) is 0.333. The number of ether oxygens (including phenoxy) is 1. The van der Waals surface area contributed by atoms with Gasteiger partial charge in [-0.25, -0.2) is 0 Å². The summed E-state index contributed by atoms with van der Waals surface area (Å²) in [6.45, 7) is 4.18. The summed E-state index contributed by atoms with van der Waals surface area (Å²) in [5.74, 6) is -0.674. The Kier molecular flexibility index (Phi) is 6.36. The Hall–Kier alpha value is -2.10. The van der Waals surface area contributed by atoms with Crippen LogP contribution in [-0.4, -0.2) is 18.4 Å². The predicted octanol–water partition coefficient (Wildman–Crippen LogP) is 2.20. The Balaban J connectivity index is 2.26. The predicted molar refractivity (Wildman–Crippen MR) is 73.3 cm³/mol. The standard InChI is InChI=1S/C15H19NO3/c1-12(8-9-19-15(18)10-13(2)17)16-11-14-6-4-3-5-7-14/h3-8,16H,9-11H2,1-2H3/b12-8-. The molecule has 0 aliphatic carbocycles. The molecule has 0 saturated carbocycles. The molecule has 0 aromatic heterocycles. The van der Waals surface area contributed by atoms with Crippen LogP contribution in [0.25, 0.3) is 0 Å². The van der Waals surface area contributed by atoms with E-state index in [1.54, 1.807) is 6.08 Å². The Morgan fingerprint density at radius 3 is 2.53 bits per heavy atom. The minimum atomic E-state index is -0.486. The lowest BCUT2D eigenvalue weighted by Crippen LogP contribution is -2.13. The fourth-order valence-electron chi connectivity index (χ4n) is 1.42.